The molecule has 0 spiro atoms. The lowest BCUT2D eigenvalue weighted by Crippen LogP contribution is -2.31. The minimum absolute atomic E-state index is 0.608. The zero-order chi connectivity index (χ0) is 18.1. The summed E-state index contributed by atoms with van der Waals surface area (Å²) in [6.07, 6.45) is -0.713. The largest absolute Gasteiger partial charge is 0.497 e. The quantitative estimate of drug-likeness (QED) is 0.718. The molecule has 5 nitrogen and oxygen atoms in total. The Morgan fingerprint density at radius 1 is 0.880 bits per heavy atom. The van der Waals surface area contributed by atoms with Gasteiger partial charge in [-0.15, -0.1) is 0 Å². The molecule has 0 fully saturated rings. The van der Waals surface area contributed by atoms with Gasteiger partial charge in [0.05, 0.1) is 20.3 Å². The van der Waals surface area contributed by atoms with E-state index in [0.717, 1.165) is 35.7 Å². The predicted octanol–water partition coefficient (Wildman–Crippen LogP) is 2.88. The third kappa shape index (κ3) is 5.19. The van der Waals surface area contributed by atoms with E-state index in [-0.39, 0.29) is 0 Å². The van der Waals surface area contributed by atoms with Crippen molar-refractivity contribution in [2.45, 2.75) is 6.10 Å². The minimum Gasteiger partial charge on any atom is -0.497 e. The first-order valence-corrected chi connectivity index (χ1v) is 8.35. The fraction of sp³-hybridized carbons (Fsp3) is 0.400. The summed E-state index contributed by atoms with van der Waals surface area (Å²) in [5.74, 6) is 0.769. The van der Waals surface area contributed by atoms with Gasteiger partial charge in [-0.05, 0) is 23.8 Å². The lowest BCUT2D eigenvalue weighted by molar-refractivity contribution is 0.189. The smallest absolute Gasteiger partial charge is 0.118 e. The van der Waals surface area contributed by atoms with Crippen LogP contribution in [-0.2, 0) is 9.47 Å². The third-order valence-electron chi connectivity index (χ3n) is 4.13. The van der Waals surface area contributed by atoms with Crippen LogP contribution in [0.25, 0.3) is 0 Å². The molecule has 136 valence electrons. The van der Waals surface area contributed by atoms with E-state index < -0.39 is 6.10 Å². The van der Waals surface area contributed by atoms with Crippen molar-refractivity contribution in [1.82, 2.24) is 0 Å². The zero-order valence-corrected chi connectivity index (χ0v) is 15.1. The van der Waals surface area contributed by atoms with Crippen molar-refractivity contribution < 1.29 is 19.3 Å². The van der Waals surface area contributed by atoms with E-state index in [4.69, 9.17) is 14.2 Å². The summed E-state index contributed by atoms with van der Waals surface area (Å²) >= 11 is 0. The highest BCUT2D eigenvalue weighted by Gasteiger charge is 2.18. The summed E-state index contributed by atoms with van der Waals surface area (Å²) in [6, 6.07) is 15.4. The van der Waals surface area contributed by atoms with Crippen LogP contribution in [0.4, 0.5) is 5.69 Å². The molecule has 0 aromatic heterocycles. The van der Waals surface area contributed by atoms with E-state index in [9.17, 15) is 5.11 Å². The Labute approximate surface area is 149 Å². The first-order valence-electron chi connectivity index (χ1n) is 8.35. The number of methoxy groups -OCH3 is 3. The van der Waals surface area contributed by atoms with Crippen LogP contribution in [-0.4, -0.2) is 52.7 Å². The van der Waals surface area contributed by atoms with Gasteiger partial charge in [-0.1, -0.05) is 30.3 Å². The molecule has 0 radical (unpaired) electrons. The molecule has 1 N–H and O–H groups in total. The summed E-state index contributed by atoms with van der Waals surface area (Å²) in [5, 5.41) is 10.9. The Kier molecular flexibility index (Phi) is 7.73. The number of anilines is 1. The van der Waals surface area contributed by atoms with Crippen molar-refractivity contribution in [1.29, 1.82) is 0 Å². The number of aliphatic hydroxyl groups excluding tert-OH is 1. The lowest BCUT2D eigenvalue weighted by atomic mass is 9.99. The molecular formula is C20H27NO4. The second-order valence-corrected chi connectivity index (χ2v) is 5.71. The Morgan fingerprint density at radius 3 is 2.04 bits per heavy atom. The van der Waals surface area contributed by atoms with Crippen LogP contribution in [0.15, 0.2) is 48.5 Å². The van der Waals surface area contributed by atoms with Crippen LogP contribution >= 0.6 is 0 Å². The molecular weight excluding hydrogens is 318 g/mol. The Balaban J connectivity index is 2.29. The van der Waals surface area contributed by atoms with Crippen molar-refractivity contribution >= 4 is 5.69 Å². The van der Waals surface area contributed by atoms with Crippen LogP contribution < -0.4 is 9.64 Å². The van der Waals surface area contributed by atoms with E-state index in [1.54, 1.807) is 21.3 Å². The maximum absolute atomic E-state index is 10.9. The first kappa shape index (κ1) is 19.2. The Bertz CT molecular complexity index is 622. The number of aliphatic hydroxyl groups is 1. The van der Waals surface area contributed by atoms with Gasteiger partial charge < -0.3 is 24.2 Å². The first-order chi connectivity index (χ1) is 12.2. The maximum atomic E-state index is 10.9. The molecule has 1 unspecified atom stereocenters. The van der Waals surface area contributed by atoms with Gasteiger partial charge >= 0.3 is 0 Å². The molecule has 2 aromatic carbocycles. The SMILES string of the molecule is COCCN(CCOC)c1ccccc1C(O)c1ccc(OC)cc1. The van der Waals surface area contributed by atoms with Crippen LogP contribution in [0.3, 0.4) is 0 Å². The van der Waals surface area contributed by atoms with E-state index in [2.05, 4.69) is 4.90 Å². The van der Waals surface area contributed by atoms with Crippen molar-refractivity contribution in [3.63, 3.8) is 0 Å². The number of hydrogen-bond acceptors (Lipinski definition) is 5. The van der Waals surface area contributed by atoms with E-state index in [1.807, 2.05) is 48.5 Å². The van der Waals surface area contributed by atoms with Gasteiger partial charge in [0, 0.05) is 38.6 Å². The molecule has 2 rings (SSSR count). The summed E-state index contributed by atoms with van der Waals surface area (Å²) in [5.41, 5.74) is 2.67. The van der Waals surface area contributed by atoms with Crippen molar-refractivity contribution in [3.05, 3.63) is 59.7 Å². The van der Waals surface area contributed by atoms with E-state index >= 15 is 0 Å². The molecule has 2 aromatic rings. The lowest BCUT2D eigenvalue weighted by Gasteiger charge is -2.28. The Morgan fingerprint density at radius 2 is 1.48 bits per heavy atom. The molecule has 1 atom stereocenters. The number of rotatable bonds is 10. The molecule has 0 aliphatic carbocycles. The van der Waals surface area contributed by atoms with Crippen molar-refractivity contribution in [2.24, 2.45) is 0 Å². The average molecular weight is 345 g/mol. The van der Waals surface area contributed by atoms with E-state index in [0.29, 0.717) is 13.2 Å². The fourth-order valence-electron chi connectivity index (χ4n) is 2.73. The standard InChI is InChI=1S/C20H27NO4/c1-23-14-12-21(13-15-24-2)19-7-5-4-6-18(19)20(22)16-8-10-17(25-3)11-9-16/h4-11,20,22H,12-15H2,1-3H3. The van der Waals surface area contributed by atoms with Crippen molar-refractivity contribution in [3.8, 4) is 5.75 Å². The number of benzene rings is 2. The van der Waals surface area contributed by atoms with E-state index in [1.165, 1.54) is 0 Å². The molecule has 0 bridgehead atoms. The van der Waals surface area contributed by atoms with Gasteiger partial charge in [-0.2, -0.15) is 0 Å². The van der Waals surface area contributed by atoms with Crippen LogP contribution in [0.2, 0.25) is 0 Å². The van der Waals surface area contributed by atoms with Gasteiger partial charge in [-0.25, -0.2) is 0 Å². The second kappa shape index (κ2) is 10.0. The number of nitrogens with zero attached hydrogens (tertiary/aromatic N) is 1. The summed E-state index contributed by atoms with van der Waals surface area (Å²) in [7, 11) is 5.00. The molecule has 0 heterocycles. The molecule has 25 heavy (non-hydrogen) atoms. The molecule has 0 saturated carbocycles. The predicted molar refractivity (Wildman–Crippen MR) is 99.5 cm³/mol. The maximum Gasteiger partial charge on any atom is 0.118 e. The highest BCUT2D eigenvalue weighted by atomic mass is 16.5. The summed E-state index contributed by atoms with van der Waals surface area (Å²) in [6.45, 7) is 2.67. The number of ether oxygens (including phenoxy) is 3. The highest BCUT2D eigenvalue weighted by molar-refractivity contribution is 5.56. The molecule has 0 aliphatic rings. The van der Waals surface area contributed by atoms with Gasteiger partial charge in [0.15, 0.2) is 0 Å². The monoisotopic (exact) mass is 345 g/mol. The normalized spacial score (nSPS) is 12.0. The van der Waals surface area contributed by atoms with Crippen LogP contribution in [0, 0.1) is 0 Å². The van der Waals surface area contributed by atoms with Gasteiger partial charge in [0.1, 0.15) is 11.9 Å². The number of hydrogen-bond donors (Lipinski definition) is 1. The molecule has 5 heteroatoms. The Hall–Kier alpha value is -2.08. The van der Waals surface area contributed by atoms with Gasteiger partial charge in [0.25, 0.3) is 0 Å². The highest BCUT2D eigenvalue weighted by Crippen LogP contribution is 2.31. The summed E-state index contributed by atoms with van der Waals surface area (Å²) < 4.78 is 15.6. The summed E-state index contributed by atoms with van der Waals surface area (Å²) in [4.78, 5) is 2.18. The minimum atomic E-state index is -0.713. The van der Waals surface area contributed by atoms with Gasteiger partial charge in [0.2, 0.25) is 0 Å². The molecule has 0 saturated heterocycles. The van der Waals surface area contributed by atoms with Gasteiger partial charge in [-0.3, -0.25) is 0 Å². The third-order valence-corrected chi connectivity index (χ3v) is 4.13. The van der Waals surface area contributed by atoms with Crippen molar-refractivity contribution in [2.75, 3.05) is 52.5 Å². The average Bonchev–Trinajstić information content (AvgIpc) is 2.68. The second-order valence-electron chi connectivity index (χ2n) is 5.71. The topological polar surface area (TPSA) is 51.2 Å². The molecule has 0 aliphatic heterocycles. The fourth-order valence-corrected chi connectivity index (χ4v) is 2.73. The van der Waals surface area contributed by atoms with Crippen LogP contribution in [0.1, 0.15) is 17.2 Å². The molecule has 0 amide bonds. The zero-order valence-electron chi connectivity index (χ0n) is 15.1. The van der Waals surface area contributed by atoms with Crippen LogP contribution in [0.5, 0.6) is 5.75 Å². The number of para-hydroxylation sites is 1.